The number of nitrogens with zero attached hydrogens (tertiary/aromatic N) is 1. The van der Waals surface area contributed by atoms with Crippen molar-refractivity contribution in [3.05, 3.63) is 65.7 Å². The molecule has 0 unspecified atom stereocenters. The largest absolute Gasteiger partial charge is 0.497 e. The summed E-state index contributed by atoms with van der Waals surface area (Å²) in [6.45, 7) is 4.48. The summed E-state index contributed by atoms with van der Waals surface area (Å²) < 4.78 is 21.3. The molecule has 4 atom stereocenters. The van der Waals surface area contributed by atoms with Gasteiger partial charge < -0.3 is 29.6 Å². The Kier molecular flexibility index (Phi) is 12.0. The van der Waals surface area contributed by atoms with Gasteiger partial charge in [0, 0.05) is 32.5 Å². The number of benzene rings is 2. The van der Waals surface area contributed by atoms with Gasteiger partial charge in [0.2, 0.25) is 11.8 Å². The van der Waals surface area contributed by atoms with Crippen molar-refractivity contribution in [3.63, 3.8) is 0 Å². The van der Waals surface area contributed by atoms with Crippen molar-refractivity contribution in [1.29, 1.82) is 0 Å². The molecule has 2 aliphatic rings. The highest BCUT2D eigenvalue weighted by Crippen LogP contribution is 2.29. The van der Waals surface area contributed by atoms with Gasteiger partial charge in [0.15, 0.2) is 11.6 Å². The second kappa shape index (κ2) is 15.9. The van der Waals surface area contributed by atoms with E-state index in [1.165, 1.54) is 7.11 Å². The van der Waals surface area contributed by atoms with Gasteiger partial charge in [-0.25, -0.2) is 0 Å². The van der Waals surface area contributed by atoms with E-state index in [4.69, 9.17) is 18.9 Å². The Morgan fingerprint density at radius 2 is 1.57 bits per heavy atom. The van der Waals surface area contributed by atoms with Gasteiger partial charge in [-0.3, -0.25) is 24.1 Å². The molecule has 2 aromatic rings. The normalized spacial score (nSPS) is 20.2. The van der Waals surface area contributed by atoms with E-state index in [1.54, 1.807) is 26.2 Å². The third-order valence-corrected chi connectivity index (χ3v) is 8.00. The highest BCUT2D eigenvalue weighted by Gasteiger charge is 2.50. The molecular formula is C33H43N3O8. The molecule has 2 amide bonds. The number of amides is 2. The number of carbonyl (C=O) groups excluding carboxylic acids is 4. The number of carbonyl (C=O) groups is 4. The monoisotopic (exact) mass is 609 g/mol. The number of methoxy groups -OCH3 is 2. The summed E-state index contributed by atoms with van der Waals surface area (Å²) in [5.74, 6) is -1.42. The fourth-order valence-electron chi connectivity index (χ4n) is 5.24. The molecule has 0 spiro atoms. The fourth-order valence-corrected chi connectivity index (χ4v) is 5.24. The lowest BCUT2D eigenvalue weighted by molar-refractivity contribution is -0.135. The van der Waals surface area contributed by atoms with Gasteiger partial charge in [-0.05, 0) is 43.0 Å². The molecule has 0 aromatic heterocycles. The predicted molar refractivity (Wildman–Crippen MR) is 162 cm³/mol. The van der Waals surface area contributed by atoms with Gasteiger partial charge in [-0.15, -0.1) is 0 Å². The van der Waals surface area contributed by atoms with Crippen molar-refractivity contribution in [1.82, 2.24) is 15.5 Å². The number of Topliss-reactive ketones (excluding diaryl/α,β-unsaturated/α-hetero) is 2. The highest BCUT2D eigenvalue weighted by molar-refractivity contribution is 5.98. The number of ketones is 2. The van der Waals surface area contributed by atoms with Gasteiger partial charge in [-0.2, -0.15) is 0 Å². The summed E-state index contributed by atoms with van der Waals surface area (Å²) in [6.07, 6.45) is 0.365. The lowest BCUT2D eigenvalue weighted by atomic mass is 9.89. The smallest absolute Gasteiger partial charge is 0.234 e. The standard InChI is InChI=1S/C33H43N3O8/c1-33(22-44-33)31(39)27(18-23-7-5-4-6-8-23)35-32(40)25(17-24-9-11-26(42-3)12-10-24)19-29(37)28(21-41-2)34-30(38)20-36-13-15-43-16-14-36/h4-12,25,27-28H,13-22H2,1-3H3,(H,34,38)(H,35,40)/t25-,27+,28+,33-/m1/s1. The second-order valence-electron chi connectivity index (χ2n) is 11.5. The number of morpholine rings is 1. The Bertz CT molecular complexity index is 1260. The average molecular weight is 610 g/mol. The van der Waals surface area contributed by atoms with E-state index >= 15 is 0 Å². The Morgan fingerprint density at radius 1 is 0.909 bits per heavy atom. The molecule has 4 rings (SSSR count). The number of rotatable bonds is 17. The van der Waals surface area contributed by atoms with Crippen LogP contribution in [0.1, 0.15) is 24.5 Å². The molecule has 2 aliphatic heterocycles. The quantitative estimate of drug-likeness (QED) is 0.255. The minimum atomic E-state index is -0.942. The maximum atomic E-state index is 13.9. The topological polar surface area (TPSA) is 136 Å². The Morgan fingerprint density at radius 3 is 2.18 bits per heavy atom. The zero-order chi connectivity index (χ0) is 31.5. The highest BCUT2D eigenvalue weighted by atomic mass is 16.6. The van der Waals surface area contributed by atoms with E-state index in [1.807, 2.05) is 47.4 Å². The first-order chi connectivity index (χ1) is 21.2. The first-order valence-corrected chi connectivity index (χ1v) is 15.0. The van der Waals surface area contributed by atoms with Crippen molar-refractivity contribution < 1.29 is 38.1 Å². The van der Waals surface area contributed by atoms with E-state index in [9.17, 15) is 19.2 Å². The molecule has 0 bridgehead atoms. The van der Waals surface area contributed by atoms with Crippen LogP contribution in [0.15, 0.2) is 54.6 Å². The van der Waals surface area contributed by atoms with Crippen molar-refractivity contribution in [3.8, 4) is 5.75 Å². The van der Waals surface area contributed by atoms with E-state index in [0.29, 0.717) is 38.7 Å². The number of hydrogen-bond acceptors (Lipinski definition) is 9. The van der Waals surface area contributed by atoms with Crippen LogP contribution in [-0.4, -0.2) is 106 Å². The Hall–Kier alpha value is -3.64. The molecule has 11 nitrogen and oxygen atoms in total. The van der Waals surface area contributed by atoms with Gasteiger partial charge in [0.25, 0.3) is 0 Å². The molecule has 11 heteroatoms. The van der Waals surface area contributed by atoms with Gasteiger partial charge in [0.1, 0.15) is 17.4 Å². The van der Waals surface area contributed by atoms with Gasteiger partial charge >= 0.3 is 0 Å². The summed E-state index contributed by atoms with van der Waals surface area (Å²) >= 11 is 0. The minimum absolute atomic E-state index is 0.0324. The molecule has 238 valence electrons. The van der Waals surface area contributed by atoms with Crippen LogP contribution in [0, 0.1) is 5.92 Å². The van der Waals surface area contributed by atoms with Crippen LogP contribution in [0.3, 0.4) is 0 Å². The second-order valence-corrected chi connectivity index (χ2v) is 11.5. The molecule has 2 fully saturated rings. The third-order valence-electron chi connectivity index (χ3n) is 8.00. The van der Waals surface area contributed by atoms with Crippen molar-refractivity contribution in [2.75, 3.05) is 60.3 Å². The van der Waals surface area contributed by atoms with Crippen LogP contribution in [0.25, 0.3) is 0 Å². The first kappa shape index (κ1) is 33.3. The minimum Gasteiger partial charge on any atom is -0.497 e. The van der Waals surface area contributed by atoms with Crippen molar-refractivity contribution >= 4 is 23.4 Å². The summed E-state index contributed by atoms with van der Waals surface area (Å²) in [4.78, 5) is 55.7. The molecule has 0 saturated carbocycles. The van der Waals surface area contributed by atoms with Gasteiger partial charge in [-0.1, -0.05) is 42.5 Å². The molecule has 0 aliphatic carbocycles. The zero-order valence-electron chi connectivity index (χ0n) is 25.7. The van der Waals surface area contributed by atoms with Crippen molar-refractivity contribution in [2.45, 2.75) is 43.9 Å². The summed E-state index contributed by atoms with van der Waals surface area (Å²) in [7, 11) is 3.03. The first-order valence-electron chi connectivity index (χ1n) is 15.0. The summed E-state index contributed by atoms with van der Waals surface area (Å²) in [5.41, 5.74) is 0.769. The van der Waals surface area contributed by atoms with Crippen LogP contribution in [0.4, 0.5) is 0 Å². The van der Waals surface area contributed by atoms with E-state index in [2.05, 4.69) is 10.6 Å². The molecule has 44 heavy (non-hydrogen) atoms. The lowest BCUT2D eigenvalue weighted by Crippen LogP contribution is -2.51. The average Bonchev–Trinajstić information content (AvgIpc) is 3.79. The van der Waals surface area contributed by atoms with Crippen LogP contribution in [0.2, 0.25) is 0 Å². The zero-order valence-corrected chi connectivity index (χ0v) is 25.7. The van der Waals surface area contributed by atoms with Crippen molar-refractivity contribution in [2.24, 2.45) is 5.92 Å². The van der Waals surface area contributed by atoms with Crippen LogP contribution in [0.5, 0.6) is 5.75 Å². The van der Waals surface area contributed by atoms with Crippen LogP contribution < -0.4 is 15.4 Å². The third kappa shape index (κ3) is 9.68. The number of epoxide rings is 1. The van der Waals surface area contributed by atoms with Gasteiger partial charge in [0.05, 0.1) is 46.1 Å². The number of ether oxygens (including phenoxy) is 4. The molecule has 2 saturated heterocycles. The number of hydrogen-bond donors (Lipinski definition) is 2. The molecule has 2 aromatic carbocycles. The number of nitrogens with one attached hydrogen (secondary N) is 2. The molecule has 2 N–H and O–H groups in total. The lowest BCUT2D eigenvalue weighted by Gasteiger charge is -2.27. The van der Waals surface area contributed by atoms with E-state index in [-0.39, 0.29) is 49.9 Å². The fraction of sp³-hybridized carbons (Fsp3) is 0.515. The molecule has 0 radical (unpaired) electrons. The SMILES string of the molecule is COC[C@H](NC(=O)CN1CCOCC1)C(=O)C[C@@H](Cc1ccc(OC)cc1)C(=O)N[C@@H](Cc1ccccc1)C(=O)[C@@]1(C)CO1. The van der Waals surface area contributed by atoms with Crippen LogP contribution >= 0.6 is 0 Å². The Balaban J connectivity index is 1.50. The summed E-state index contributed by atoms with van der Waals surface area (Å²) in [6, 6.07) is 14.9. The molecular weight excluding hydrogens is 566 g/mol. The molecule has 2 heterocycles. The maximum absolute atomic E-state index is 13.9. The maximum Gasteiger partial charge on any atom is 0.234 e. The van der Waals surface area contributed by atoms with Crippen LogP contribution in [-0.2, 0) is 46.2 Å². The summed E-state index contributed by atoms with van der Waals surface area (Å²) in [5, 5.41) is 5.74. The van der Waals surface area contributed by atoms with E-state index in [0.717, 1.165) is 11.1 Å². The Labute approximate surface area is 258 Å². The van der Waals surface area contributed by atoms with E-state index < -0.39 is 29.5 Å². The predicted octanol–water partition coefficient (Wildman–Crippen LogP) is 1.36.